The minimum atomic E-state index is -2.20. The third-order valence-corrected chi connectivity index (χ3v) is 3.28. The van der Waals surface area contributed by atoms with Gasteiger partial charge in [-0.1, -0.05) is 39.0 Å². The van der Waals surface area contributed by atoms with E-state index in [-0.39, 0.29) is 5.41 Å². The Morgan fingerprint density at radius 2 is 1.35 bits per heavy atom. The molecule has 1 nitrogen and oxygen atoms in total. The van der Waals surface area contributed by atoms with Gasteiger partial charge in [0.05, 0.1) is 0 Å². The van der Waals surface area contributed by atoms with E-state index in [0.717, 1.165) is 11.8 Å². The molecule has 0 aliphatic rings. The first kappa shape index (κ1) is 17.1. The minimum Gasteiger partial charge on any atom is -0.250 e. The molecule has 0 saturated heterocycles. The molecule has 2 aromatic rings. The van der Waals surface area contributed by atoms with Crippen LogP contribution in [0.5, 0.6) is 0 Å². The molecule has 0 aliphatic heterocycles. The largest absolute Gasteiger partial charge is 0.250 e. The molecule has 2 aromatic carbocycles. The van der Waals surface area contributed by atoms with Crippen LogP contribution in [0.15, 0.2) is 29.3 Å². The SMILES string of the molecule is CC(C)(C)c1cccc(C=Nc2c(F)c(F)c(F)c(F)c2F)c1. The van der Waals surface area contributed by atoms with E-state index in [1.807, 2.05) is 26.8 Å². The summed E-state index contributed by atoms with van der Waals surface area (Å²) in [4.78, 5) is 3.44. The zero-order valence-corrected chi connectivity index (χ0v) is 12.7. The van der Waals surface area contributed by atoms with Crippen molar-refractivity contribution in [1.29, 1.82) is 0 Å². The van der Waals surface area contributed by atoms with Crippen molar-refractivity contribution in [3.05, 3.63) is 64.5 Å². The fraction of sp³-hybridized carbons (Fsp3) is 0.235. The van der Waals surface area contributed by atoms with Gasteiger partial charge >= 0.3 is 0 Å². The summed E-state index contributed by atoms with van der Waals surface area (Å²) >= 11 is 0. The Morgan fingerprint density at radius 3 is 1.87 bits per heavy atom. The van der Waals surface area contributed by atoms with E-state index in [4.69, 9.17) is 0 Å². The standard InChI is InChI=1S/C17H14F5N/c1-17(2,3)10-6-4-5-9(7-10)8-23-16-14(21)12(19)11(18)13(20)15(16)22/h4-8H,1-3H3. The van der Waals surface area contributed by atoms with Crippen LogP contribution in [0.3, 0.4) is 0 Å². The van der Waals surface area contributed by atoms with Crippen LogP contribution in [0.1, 0.15) is 31.9 Å². The molecule has 0 aromatic heterocycles. The lowest BCUT2D eigenvalue weighted by atomic mass is 9.86. The quantitative estimate of drug-likeness (QED) is 0.302. The first-order valence-electron chi connectivity index (χ1n) is 6.79. The molecule has 23 heavy (non-hydrogen) atoms. The Hall–Kier alpha value is -2.24. The van der Waals surface area contributed by atoms with Crippen LogP contribution < -0.4 is 0 Å². The fourth-order valence-electron chi connectivity index (χ4n) is 1.93. The van der Waals surface area contributed by atoms with E-state index >= 15 is 0 Å². The number of aliphatic imine (C=N–C) groups is 1. The van der Waals surface area contributed by atoms with Crippen LogP contribution in [0.4, 0.5) is 27.6 Å². The fourth-order valence-corrected chi connectivity index (χ4v) is 1.93. The van der Waals surface area contributed by atoms with Crippen molar-refractivity contribution in [3.8, 4) is 0 Å². The van der Waals surface area contributed by atoms with E-state index in [1.165, 1.54) is 0 Å². The molecule has 0 atom stereocenters. The smallest absolute Gasteiger partial charge is 0.200 e. The van der Waals surface area contributed by atoms with Crippen LogP contribution in [0, 0.1) is 29.1 Å². The van der Waals surface area contributed by atoms with Crippen LogP contribution >= 0.6 is 0 Å². The lowest BCUT2D eigenvalue weighted by Crippen LogP contribution is -2.11. The molecule has 2 rings (SSSR count). The second-order valence-corrected chi connectivity index (χ2v) is 6.05. The predicted molar refractivity (Wildman–Crippen MR) is 78.6 cm³/mol. The van der Waals surface area contributed by atoms with E-state index < -0.39 is 34.8 Å². The number of halogens is 5. The highest BCUT2D eigenvalue weighted by molar-refractivity contribution is 5.82. The van der Waals surface area contributed by atoms with E-state index in [0.29, 0.717) is 5.56 Å². The van der Waals surface area contributed by atoms with Crippen molar-refractivity contribution >= 4 is 11.9 Å². The van der Waals surface area contributed by atoms with Gasteiger partial charge in [-0.15, -0.1) is 0 Å². The molecule has 0 fully saturated rings. The zero-order valence-electron chi connectivity index (χ0n) is 12.7. The van der Waals surface area contributed by atoms with Gasteiger partial charge in [0.2, 0.25) is 5.82 Å². The van der Waals surface area contributed by atoms with Gasteiger partial charge in [0.15, 0.2) is 23.3 Å². The molecular formula is C17H14F5N. The van der Waals surface area contributed by atoms with Crippen molar-refractivity contribution in [2.24, 2.45) is 4.99 Å². The maximum atomic E-state index is 13.5. The normalized spacial score (nSPS) is 12.2. The summed E-state index contributed by atoms with van der Waals surface area (Å²) in [6.45, 7) is 5.94. The number of hydrogen-bond donors (Lipinski definition) is 0. The first-order chi connectivity index (χ1) is 10.6. The number of rotatable bonds is 2. The average Bonchev–Trinajstić information content (AvgIpc) is 2.50. The molecular weight excluding hydrogens is 313 g/mol. The summed E-state index contributed by atoms with van der Waals surface area (Å²) in [6.07, 6.45) is 1.06. The predicted octanol–water partition coefficient (Wildman–Crippen LogP) is 5.43. The highest BCUT2D eigenvalue weighted by Gasteiger charge is 2.25. The number of hydrogen-bond acceptors (Lipinski definition) is 1. The van der Waals surface area contributed by atoms with Gasteiger partial charge in [-0.3, -0.25) is 0 Å². The molecule has 0 heterocycles. The summed E-state index contributed by atoms with van der Waals surface area (Å²) in [5.74, 6) is -10.1. The molecule has 6 heteroatoms. The van der Waals surface area contributed by atoms with Gasteiger partial charge in [-0.25, -0.2) is 26.9 Å². The molecule has 0 radical (unpaired) electrons. The van der Waals surface area contributed by atoms with Crippen molar-refractivity contribution in [2.45, 2.75) is 26.2 Å². The Kier molecular flexibility index (Phi) is 4.54. The lowest BCUT2D eigenvalue weighted by molar-refractivity contribution is 0.381. The molecule has 122 valence electrons. The van der Waals surface area contributed by atoms with Gasteiger partial charge in [0.25, 0.3) is 0 Å². The third kappa shape index (κ3) is 3.41. The summed E-state index contributed by atoms with van der Waals surface area (Å²) in [7, 11) is 0. The molecule has 0 N–H and O–H groups in total. The molecule has 0 saturated carbocycles. The van der Waals surface area contributed by atoms with Crippen LogP contribution in [0.25, 0.3) is 0 Å². The average molecular weight is 327 g/mol. The van der Waals surface area contributed by atoms with Crippen molar-refractivity contribution in [3.63, 3.8) is 0 Å². The van der Waals surface area contributed by atoms with Crippen LogP contribution in [-0.2, 0) is 5.41 Å². The maximum Gasteiger partial charge on any atom is 0.200 e. The van der Waals surface area contributed by atoms with Crippen LogP contribution in [-0.4, -0.2) is 6.21 Å². The molecule has 0 bridgehead atoms. The Bertz CT molecular complexity index is 746. The third-order valence-electron chi connectivity index (χ3n) is 3.28. The van der Waals surface area contributed by atoms with Gasteiger partial charge in [-0.05, 0) is 22.6 Å². The Morgan fingerprint density at radius 1 is 0.826 bits per heavy atom. The molecule has 0 unspecified atom stereocenters. The lowest BCUT2D eigenvalue weighted by Gasteiger charge is -2.19. The van der Waals surface area contributed by atoms with E-state index in [1.54, 1.807) is 18.2 Å². The van der Waals surface area contributed by atoms with Crippen molar-refractivity contribution < 1.29 is 22.0 Å². The highest BCUT2D eigenvalue weighted by atomic mass is 19.2. The summed E-state index contributed by atoms with van der Waals surface area (Å²) < 4.78 is 66.3. The monoisotopic (exact) mass is 327 g/mol. The molecule has 0 spiro atoms. The summed E-state index contributed by atoms with van der Waals surface area (Å²) in [5.41, 5.74) is 0.0665. The number of benzene rings is 2. The number of nitrogens with zero attached hydrogens (tertiary/aromatic N) is 1. The Labute approximate surface area is 130 Å². The highest BCUT2D eigenvalue weighted by Crippen LogP contribution is 2.29. The Balaban J connectivity index is 2.46. The topological polar surface area (TPSA) is 12.4 Å². The minimum absolute atomic E-state index is 0.158. The molecule has 0 amide bonds. The second kappa shape index (κ2) is 6.10. The maximum absolute atomic E-state index is 13.5. The van der Waals surface area contributed by atoms with E-state index in [9.17, 15) is 22.0 Å². The van der Waals surface area contributed by atoms with Crippen molar-refractivity contribution in [2.75, 3.05) is 0 Å². The summed E-state index contributed by atoms with van der Waals surface area (Å²) in [5, 5.41) is 0. The second-order valence-electron chi connectivity index (χ2n) is 6.05. The molecule has 0 aliphatic carbocycles. The van der Waals surface area contributed by atoms with Gasteiger partial charge in [0, 0.05) is 6.21 Å². The van der Waals surface area contributed by atoms with Gasteiger partial charge in [0.1, 0.15) is 5.69 Å². The van der Waals surface area contributed by atoms with E-state index in [2.05, 4.69) is 4.99 Å². The van der Waals surface area contributed by atoms with Gasteiger partial charge < -0.3 is 0 Å². The van der Waals surface area contributed by atoms with Crippen LogP contribution in [0.2, 0.25) is 0 Å². The van der Waals surface area contributed by atoms with Gasteiger partial charge in [-0.2, -0.15) is 0 Å². The van der Waals surface area contributed by atoms with Crippen molar-refractivity contribution in [1.82, 2.24) is 0 Å². The first-order valence-corrected chi connectivity index (χ1v) is 6.79. The summed E-state index contributed by atoms with van der Waals surface area (Å²) in [6, 6.07) is 6.94. The zero-order chi connectivity index (χ0) is 17.4.